The van der Waals surface area contributed by atoms with Crippen LogP contribution >= 0.6 is 0 Å². The van der Waals surface area contributed by atoms with E-state index in [1.165, 1.54) is 0 Å². The molecular weight excluding hydrogens is 222 g/mol. The maximum atomic E-state index is 11.9. The van der Waals surface area contributed by atoms with Crippen molar-refractivity contribution in [2.75, 3.05) is 26.8 Å². The van der Waals surface area contributed by atoms with Crippen LogP contribution in [0.5, 0.6) is 0 Å². The monoisotopic (exact) mass is 241 g/mol. The normalized spacial score (nSPS) is 28.8. The molecular formula is C12H19NO4. The number of rotatable bonds is 4. The molecule has 0 aromatic rings. The number of carbonyl (C=O) groups excluding carboxylic acids is 1. The van der Waals surface area contributed by atoms with Crippen molar-refractivity contribution in [3.8, 4) is 0 Å². The summed E-state index contributed by atoms with van der Waals surface area (Å²) in [4.78, 5) is 24.3. The molecule has 1 amide bonds. The Morgan fingerprint density at radius 2 is 1.94 bits per heavy atom. The summed E-state index contributed by atoms with van der Waals surface area (Å²) < 4.78 is 5.27. The summed E-state index contributed by atoms with van der Waals surface area (Å²) in [6.45, 7) is 2.27. The Morgan fingerprint density at radius 3 is 2.47 bits per heavy atom. The lowest BCUT2D eigenvalue weighted by molar-refractivity contribution is -0.141. The second-order valence-corrected chi connectivity index (χ2v) is 5.06. The van der Waals surface area contributed by atoms with Crippen molar-refractivity contribution < 1.29 is 19.4 Å². The van der Waals surface area contributed by atoms with E-state index in [1.807, 2.05) is 0 Å². The molecule has 96 valence electrons. The van der Waals surface area contributed by atoms with Crippen molar-refractivity contribution >= 4 is 11.9 Å². The van der Waals surface area contributed by atoms with Gasteiger partial charge in [-0.1, -0.05) is 0 Å². The van der Waals surface area contributed by atoms with Gasteiger partial charge < -0.3 is 14.7 Å². The van der Waals surface area contributed by atoms with Crippen molar-refractivity contribution in [2.45, 2.75) is 19.3 Å². The van der Waals surface area contributed by atoms with Gasteiger partial charge in [0.2, 0.25) is 5.91 Å². The summed E-state index contributed by atoms with van der Waals surface area (Å²) in [6.07, 6.45) is 2.49. The number of carbonyl (C=O) groups is 2. The van der Waals surface area contributed by atoms with Crippen molar-refractivity contribution in [2.24, 2.45) is 17.8 Å². The molecule has 5 heteroatoms. The lowest BCUT2D eigenvalue weighted by Gasteiger charge is -2.27. The average Bonchev–Trinajstić information content (AvgIpc) is 3.09. The molecule has 0 aromatic carbocycles. The molecule has 2 rings (SSSR count). The molecule has 1 heterocycles. The molecule has 0 spiro atoms. The second-order valence-electron chi connectivity index (χ2n) is 5.06. The maximum Gasteiger partial charge on any atom is 0.307 e. The Hall–Kier alpha value is -1.10. The molecule has 2 atom stereocenters. The molecule has 1 N–H and O–H groups in total. The predicted octanol–water partition coefficient (Wildman–Crippen LogP) is 0.592. The topological polar surface area (TPSA) is 66.8 Å². The molecule has 0 bridgehead atoms. The Morgan fingerprint density at radius 1 is 1.29 bits per heavy atom. The van der Waals surface area contributed by atoms with Gasteiger partial charge in [0.25, 0.3) is 0 Å². The van der Waals surface area contributed by atoms with Crippen molar-refractivity contribution in [3.05, 3.63) is 0 Å². The summed E-state index contributed by atoms with van der Waals surface area (Å²) in [5.74, 6) is -1.08. The van der Waals surface area contributed by atoms with Gasteiger partial charge in [-0.25, -0.2) is 0 Å². The molecule has 2 fully saturated rings. The van der Waals surface area contributed by atoms with E-state index in [0.29, 0.717) is 12.3 Å². The summed E-state index contributed by atoms with van der Waals surface area (Å²) in [7, 11) is 1.77. The fraction of sp³-hybridized carbons (Fsp3) is 0.833. The highest BCUT2D eigenvalue weighted by Gasteiger charge is 2.49. The van der Waals surface area contributed by atoms with Gasteiger partial charge in [-0.3, -0.25) is 9.59 Å². The number of hydrogen-bond donors (Lipinski definition) is 1. The van der Waals surface area contributed by atoms with Gasteiger partial charge in [-0.2, -0.15) is 0 Å². The number of hydrogen-bond acceptors (Lipinski definition) is 3. The van der Waals surface area contributed by atoms with E-state index in [4.69, 9.17) is 9.84 Å². The first kappa shape index (κ1) is 12.4. The van der Waals surface area contributed by atoms with Gasteiger partial charge in [-0.15, -0.1) is 0 Å². The summed E-state index contributed by atoms with van der Waals surface area (Å²) >= 11 is 0. The van der Waals surface area contributed by atoms with Gasteiger partial charge in [0.1, 0.15) is 0 Å². The zero-order chi connectivity index (χ0) is 12.4. The molecule has 1 aliphatic carbocycles. The van der Waals surface area contributed by atoms with E-state index in [-0.39, 0.29) is 11.8 Å². The highest BCUT2D eigenvalue weighted by atomic mass is 16.5. The zero-order valence-electron chi connectivity index (χ0n) is 10.1. The highest BCUT2D eigenvalue weighted by molar-refractivity contribution is 5.89. The lowest BCUT2D eigenvalue weighted by Crippen LogP contribution is -2.35. The summed E-state index contributed by atoms with van der Waals surface area (Å²) in [5, 5.41) is 8.79. The molecule has 17 heavy (non-hydrogen) atoms. The minimum Gasteiger partial charge on any atom is -0.481 e. The predicted molar refractivity (Wildman–Crippen MR) is 60.4 cm³/mol. The number of nitrogens with zero attached hydrogens (tertiary/aromatic N) is 1. The van der Waals surface area contributed by atoms with Crippen LogP contribution in [0.2, 0.25) is 0 Å². The van der Waals surface area contributed by atoms with Crippen LogP contribution in [0.25, 0.3) is 0 Å². The number of carboxylic acids is 1. The van der Waals surface area contributed by atoms with E-state index < -0.39 is 11.9 Å². The Bertz CT molecular complexity index is 312. The summed E-state index contributed by atoms with van der Waals surface area (Å²) in [6, 6.07) is 0. The third-order valence-corrected chi connectivity index (χ3v) is 3.67. The molecule has 2 aliphatic rings. The minimum atomic E-state index is -0.845. The van der Waals surface area contributed by atoms with Gasteiger partial charge >= 0.3 is 5.97 Å². The van der Waals surface area contributed by atoms with E-state index >= 15 is 0 Å². The average molecular weight is 241 g/mol. The Balaban J connectivity index is 1.77. The largest absolute Gasteiger partial charge is 0.481 e. The van der Waals surface area contributed by atoms with Gasteiger partial charge in [0.15, 0.2) is 0 Å². The van der Waals surface area contributed by atoms with Crippen molar-refractivity contribution in [1.29, 1.82) is 0 Å². The second kappa shape index (κ2) is 5.04. The van der Waals surface area contributed by atoms with Crippen molar-refractivity contribution in [1.82, 2.24) is 4.90 Å². The summed E-state index contributed by atoms with van der Waals surface area (Å²) in [5.41, 5.74) is 0. The Kier molecular flexibility index (Phi) is 3.66. The standard InChI is InChI=1S/C12H19NO4/c1-13(7-8-2-4-17-5-3-8)11(14)9-6-10(9)12(15)16/h8-10H,2-7H2,1H3,(H,15,16)/t9-,10+/m1/s1. The minimum absolute atomic E-state index is 0.0103. The molecule has 5 nitrogen and oxygen atoms in total. The van der Waals surface area contributed by atoms with E-state index in [9.17, 15) is 9.59 Å². The highest BCUT2D eigenvalue weighted by Crippen LogP contribution is 2.40. The Labute approximate surface area is 101 Å². The third kappa shape index (κ3) is 2.97. The van der Waals surface area contributed by atoms with Crippen LogP contribution in [0.4, 0.5) is 0 Å². The van der Waals surface area contributed by atoms with Crippen LogP contribution in [0.3, 0.4) is 0 Å². The molecule has 0 radical (unpaired) electrons. The fourth-order valence-electron chi connectivity index (χ4n) is 2.43. The smallest absolute Gasteiger partial charge is 0.307 e. The number of ether oxygens (including phenoxy) is 1. The van der Waals surface area contributed by atoms with Crippen LogP contribution in [0, 0.1) is 17.8 Å². The number of carboxylic acid groups (broad SMARTS) is 1. The zero-order valence-corrected chi connectivity index (χ0v) is 10.1. The van der Waals surface area contributed by atoms with E-state index in [0.717, 1.165) is 32.6 Å². The van der Waals surface area contributed by atoms with E-state index in [2.05, 4.69) is 0 Å². The van der Waals surface area contributed by atoms with Crippen LogP contribution in [0.15, 0.2) is 0 Å². The first-order valence-corrected chi connectivity index (χ1v) is 6.15. The number of amides is 1. The fourth-order valence-corrected chi connectivity index (χ4v) is 2.43. The molecule has 1 aliphatic heterocycles. The first-order chi connectivity index (χ1) is 8.09. The van der Waals surface area contributed by atoms with E-state index in [1.54, 1.807) is 11.9 Å². The van der Waals surface area contributed by atoms with Crippen LogP contribution < -0.4 is 0 Å². The molecule has 1 saturated heterocycles. The van der Waals surface area contributed by atoms with Gasteiger partial charge in [-0.05, 0) is 25.2 Å². The van der Waals surface area contributed by atoms with Crippen LogP contribution in [-0.2, 0) is 14.3 Å². The maximum absolute atomic E-state index is 11.9. The van der Waals surface area contributed by atoms with Crippen LogP contribution in [-0.4, -0.2) is 48.7 Å². The van der Waals surface area contributed by atoms with Gasteiger partial charge in [0, 0.05) is 26.8 Å². The molecule has 0 aromatic heterocycles. The molecule has 0 unspecified atom stereocenters. The van der Waals surface area contributed by atoms with Crippen LogP contribution in [0.1, 0.15) is 19.3 Å². The quantitative estimate of drug-likeness (QED) is 0.782. The SMILES string of the molecule is CN(CC1CCOCC1)C(=O)[C@@H]1C[C@@H]1C(=O)O. The third-order valence-electron chi connectivity index (χ3n) is 3.67. The van der Waals surface area contributed by atoms with Crippen molar-refractivity contribution in [3.63, 3.8) is 0 Å². The van der Waals surface area contributed by atoms with Gasteiger partial charge in [0.05, 0.1) is 11.8 Å². The molecule has 1 saturated carbocycles. The lowest BCUT2D eigenvalue weighted by atomic mass is 10.00. The first-order valence-electron chi connectivity index (χ1n) is 6.15. The number of aliphatic carboxylic acids is 1.